The summed E-state index contributed by atoms with van der Waals surface area (Å²) >= 11 is 0. The van der Waals surface area contributed by atoms with Crippen LogP contribution in [-0.4, -0.2) is 22.2 Å². The molecule has 1 aliphatic carbocycles. The van der Waals surface area contributed by atoms with Crippen molar-refractivity contribution >= 4 is 5.97 Å². The molecule has 0 saturated heterocycles. The number of hydrogen-bond donors (Lipinski definition) is 1. The summed E-state index contributed by atoms with van der Waals surface area (Å²) in [5.41, 5.74) is 1.51. The van der Waals surface area contributed by atoms with Crippen molar-refractivity contribution in [2.45, 2.75) is 53.1 Å². The Bertz CT molecular complexity index is 513. The van der Waals surface area contributed by atoms with Gasteiger partial charge in [0, 0.05) is 11.8 Å². The molecule has 1 aromatic heterocycles. The maximum absolute atomic E-state index is 11.4. The Balaban J connectivity index is 2.23. The van der Waals surface area contributed by atoms with Crippen LogP contribution in [0.3, 0.4) is 0 Å². The van der Waals surface area contributed by atoms with Crippen LogP contribution in [-0.2, 0) is 0 Å². The summed E-state index contributed by atoms with van der Waals surface area (Å²) < 4.78 is 6.01. The number of carbonyl (C=O) groups is 1. The van der Waals surface area contributed by atoms with E-state index in [0.717, 1.165) is 30.9 Å². The van der Waals surface area contributed by atoms with Crippen LogP contribution in [0, 0.1) is 25.7 Å². The minimum absolute atomic E-state index is 0.112. The van der Waals surface area contributed by atoms with E-state index < -0.39 is 5.97 Å². The largest absolute Gasteiger partial charge is 0.489 e. The molecule has 1 heterocycles. The summed E-state index contributed by atoms with van der Waals surface area (Å²) in [4.78, 5) is 15.6. The third-order valence-electron chi connectivity index (χ3n) is 4.35. The highest BCUT2D eigenvalue weighted by Gasteiger charge is 2.27. The third kappa shape index (κ3) is 3.11. The average Bonchev–Trinajstić information content (AvgIpc) is 2.32. The van der Waals surface area contributed by atoms with Crippen LogP contribution < -0.4 is 4.74 Å². The summed E-state index contributed by atoms with van der Waals surface area (Å²) in [5, 5.41) is 9.34. The van der Waals surface area contributed by atoms with Gasteiger partial charge in [0.05, 0.1) is 11.8 Å². The number of aromatic carboxylic acids is 1. The van der Waals surface area contributed by atoms with Gasteiger partial charge in [-0.25, -0.2) is 4.79 Å². The zero-order valence-electron chi connectivity index (χ0n) is 12.6. The van der Waals surface area contributed by atoms with Crippen LogP contribution in [0.4, 0.5) is 0 Å². The summed E-state index contributed by atoms with van der Waals surface area (Å²) in [6.07, 6.45) is 3.23. The number of pyridine rings is 1. The fourth-order valence-corrected chi connectivity index (χ4v) is 2.93. The van der Waals surface area contributed by atoms with Gasteiger partial charge in [-0.2, -0.15) is 0 Å². The molecule has 3 atom stereocenters. The highest BCUT2D eigenvalue weighted by atomic mass is 16.5. The quantitative estimate of drug-likeness (QED) is 0.917. The molecule has 1 aliphatic rings. The van der Waals surface area contributed by atoms with E-state index in [1.165, 1.54) is 0 Å². The number of nitrogens with zero attached hydrogens (tertiary/aromatic N) is 1. The second-order valence-corrected chi connectivity index (χ2v) is 6.03. The molecule has 1 saturated carbocycles. The molecule has 1 N–H and O–H groups in total. The number of carboxylic acid groups (broad SMARTS) is 1. The van der Waals surface area contributed by atoms with Crippen molar-refractivity contribution in [3.63, 3.8) is 0 Å². The van der Waals surface area contributed by atoms with E-state index in [9.17, 15) is 9.90 Å². The number of hydrogen-bond acceptors (Lipinski definition) is 3. The van der Waals surface area contributed by atoms with E-state index >= 15 is 0 Å². The fraction of sp³-hybridized carbons (Fsp3) is 0.625. The molecule has 20 heavy (non-hydrogen) atoms. The molecule has 3 unspecified atom stereocenters. The lowest BCUT2D eigenvalue weighted by Crippen LogP contribution is -2.29. The Kier molecular flexibility index (Phi) is 4.31. The molecule has 0 aromatic carbocycles. The first-order valence-corrected chi connectivity index (χ1v) is 7.26. The second-order valence-electron chi connectivity index (χ2n) is 6.03. The zero-order chi connectivity index (χ0) is 14.9. The van der Waals surface area contributed by atoms with Gasteiger partial charge in [0.2, 0.25) is 0 Å². The minimum Gasteiger partial charge on any atom is -0.489 e. The van der Waals surface area contributed by atoms with Gasteiger partial charge in [0.25, 0.3) is 0 Å². The second kappa shape index (κ2) is 5.81. The number of rotatable bonds is 3. The number of aryl methyl sites for hydroxylation is 2. The molecule has 1 aromatic rings. The van der Waals surface area contributed by atoms with Crippen LogP contribution in [0.2, 0.25) is 0 Å². The first-order chi connectivity index (χ1) is 9.38. The van der Waals surface area contributed by atoms with E-state index in [-0.39, 0.29) is 11.7 Å². The first kappa shape index (κ1) is 14.8. The highest BCUT2D eigenvalue weighted by molar-refractivity contribution is 5.92. The fourth-order valence-electron chi connectivity index (χ4n) is 2.93. The minimum atomic E-state index is -0.970. The highest BCUT2D eigenvalue weighted by Crippen LogP contribution is 2.33. The van der Waals surface area contributed by atoms with Crippen molar-refractivity contribution in [3.8, 4) is 5.75 Å². The first-order valence-electron chi connectivity index (χ1n) is 7.26. The summed E-state index contributed by atoms with van der Waals surface area (Å²) in [5.74, 6) is 0.831. The standard InChI is InChI=1S/C16H23NO3/c1-9-5-6-13(7-10(9)2)20-14-8-11(3)17-12(4)15(14)16(18)19/h8-10,13H,5-7H2,1-4H3,(H,18,19). The summed E-state index contributed by atoms with van der Waals surface area (Å²) in [7, 11) is 0. The van der Waals surface area contributed by atoms with E-state index in [2.05, 4.69) is 18.8 Å². The van der Waals surface area contributed by atoms with E-state index in [0.29, 0.717) is 17.4 Å². The van der Waals surface area contributed by atoms with Gasteiger partial charge < -0.3 is 9.84 Å². The van der Waals surface area contributed by atoms with Crippen LogP contribution in [0.5, 0.6) is 5.75 Å². The van der Waals surface area contributed by atoms with Gasteiger partial charge in [-0.15, -0.1) is 0 Å². The lowest BCUT2D eigenvalue weighted by Gasteiger charge is -2.32. The molecule has 0 bridgehead atoms. The lowest BCUT2D eigenvalue weighted by molar-refractivity contribution is 0.0673. The SMILES string of the molecule is Cc1cc(OC2CCC(C)C(C)C2)c(C(=O)O)c(C)n1. The molecular weight excluding hydrogens is 254 g/mol. The molecule has 110 valence electrons. The van der Waals surface area contributed by atoms with Gasteiger partial charge in [0.15, 0.2) is 0 Å². The zero-order valence-corrected chi connectivity index (χ0v) is 12.6. The molecular formula is C16H23NO3. The number of ether oxygens (including phenoxy) is 1. The lowest BCUT2D eigenvalue weighted by atomic mass is 9.80. The van der Waals surface area contributed by atoms with Gasteiger partial charge in [-0.05, 0) is 44.9 Å². The Labute approximate surface area is 120 Å². The smallest absolute Gasteiger partial charge is 0.341 e. The van der Waals surface area contributed by atoms with Crippen molar-refractivity contribution in [2.75, 3.05) is 0 Å². The van der Waals surface area contributed by atoms with Crippen molar-refractivity contribution in [2.24, 2.45) is 11.8 Å². The van der Waals surface area contributed by atoms with Crippen molar-refractivity contribution < 1.29 is 14.6 Å². The Morgan fingerprint density at radius 2 is 2.00 bits per heavy atom. The molecule has 0 aliphatic heterocycles. The molecule has 0 radical (unpaired) electrons. The molecule has 2 rings (SSSR count). The van der Waals surface area contributed by atoms with E-state index in [4.69, 9.17) is 4.74 Å². The van der Waals surface area contributed by atoms with Gasteiger partial charge >= 0.3 is 5.97 Å². The molecule has 1 fully saturated rings. The monoisotopic (exact) mass is 277 g/mol. The van der Waals surface area contributed by atoms with Crippen molar-refractivity contribution in [1.29, 1.82) is 0 Å². The molecule has 4 nitrogen and oxygen atoms in total. The summed E-state index contributed by atoms with van der Waals surface area (Å²) in [6, 6.07) is 1.74. The molecule has 0 amide bonds. The van der Waals surface area contributed by atoms with Gasteiger partial charge in [-0.3, -0.25) is 4.98 Å². The van der Waals surface area contributed by atoms with Crippen molar-refractivity contribution in [3.05, 3.63) is 23.0 Å². The van der Waals surface area contributed by atoms with Crippen molar-refractivity contribution in [1.82, 2.24) is 4.98 Å². The van der Waals surface area contributed by atoms with Crippen LogP contribution in [0.25, 0.3) is 0 Å². The third-order valence-corrected chi connectivity index (χ3v) is 4.35. The Hall–Kier alpha value is -1.58. The van der Waals surface area contributed by atoms with Gasteiger partial charge in [-0.1, -0.05) is 13.8 Å². The predicted octanol–water partition coefficient (Wildman–Crippen LogP) is 3.60. The molecule has 4 heteroatoms. The van der Waals surface area contributed by atoms with Crippen LogP contribution >= 0.6 is 0 Å². The number of aromatic nitrogens is 1. The molecule has 0 spiro atoms. The Morgan fingerprint density at radius 1 is 1.30 bits per heavy atom. The van der Waals surface area contributed by atoms with Gasteiger partial charge in [0.1, 0.15) is 11.3 Å². The Morgan fingerprint density at radius 3 is 2.60 bits per heavy atom. The number of carboxylic acids is 1. The summed E-state index contributed by atoms with van der Waals surface area (Å²) in [6.45, 7) is 8.08. The predicted molar refractivity (Wildman–Crippen MR) is 77.3 cm³/mol. The maximum Gasteiger partial charge on any atom is 0.341 e. The van der Waals surface area contributed by atoms with Crippen LogP contribution in [0.1, 0.15) is 54.9 Å². The maximum atomic E-state index is 11.4. The topological polar surface area (TPSA) is 59.4 Å². The average molecular weight is 277 g/mol. The van der Waals surface area contributed by atoms with E-state index in [1.807, 2.05) is 6.92 Å². The van der Waals surface area contributed by atoms with Crippen LogP contribution in [0.15, 0.2) is 6.07 Å². The normalized spacial score (nSPS) is 26.3. The van der Waals surface area contributed by atoms with E-state index in [1.54, 1.807) is 13.0 Å².